The molecule has 0 aliphatic rings. The van der Waals surface area contributed by atoms with E-state index in [0.717, 1.165) is 26.9 Å². The number of aromatic nitrogens is 1. The molecule has 0 fully saturated rings. The van der Waals surface area contributed by atoms with E-state index in [1.807, 2.05) is 31.2 Å². The normalized spacial score (nSPS) is 10.4. The molecule has 2 rings (SSSR count). The molecule has 1 heterocycles. The molecule has 16 heavy (non-hydrogen) atoms. The fourth-order valence-electron chi connectivity index (χ4n) is 1.55. The number of rotatable bonds is 3. The second kappa shape index (κ2) is 4.63. The predicted octanol–water partition coefficient (Wildman–Crippen LogP) is 2.62. The van der Waals surface area contributed by atoms with E-state index in [4.69, 9.17) is 4.74 Å². The Hall–Kier alpha value is -1.39. The molecule has 1 aromatic carbocycles. The lowest BCUT2D eigenvalue weighted by atomic mass is 10.1. The fourth-order valence-corrected chi connectivity index (χ4v) is 2.37. The van der Waals surface area contributed by atoms with Crippen LogP contribution < -0.4 is 4.74 Å². The van der Waals surface area contributed by atoms with Crippen LogP contribution in [0.1, 0.15) is 9.88 Å². The van der Waals surface area contributed by atoms with Crippen molar-refractivity contribution in [3.8, 4) is 17.0 Å². The van der Waals surface area contributed by atoms with E-state index in [2.05, 4.69) is 4.98 Å². The highest BCUT2D eigenvalue weighted by Gasteiger charge is 2.10. The van der Waals surface area contributed by atoms with Crippen LogP contribution in [0.4, 0.5) is 0 Å². The van der Waals surface area contributed by atoms with Crippen molar-refractivity contribution in [1.29, 1.82) is 0 Å². The molecular weight excluding hydrogens is 222 g/mol. The molecule has 0 aliphatic heterocycles. The molecule has 0 saturated carbocycles. The van der Waals surface area contributed by atoms with Crippen LogP contribution >= 0.6 is 11.3 Å². The minimum Gasteiger partial charge on any atom is -0.497 e. The van der Waals surface area contributed by atoms with Crippen LogP contribution in [0, 0.1) is 6.92 Å². The Balaban J connectivity index is 2.41. The van der Waals surface area contributed by atoms with E-state index in [1.165, 1.54) is 11.3 Å². The second-order valence-electron chi connectivity index (χ2n) is 3.39. The first kappa shape index (κ1) is 11.1. The summed E-state index contributed by atoms with van der Waals surface area (Å²) < 4.78 is 5.10. The standard InChI is InChI=1S/C12H13NO2S/c1-8-13-12(11(7-14)16-8)9-3-5-10(15-2)6-4-9/h3-6,14H,7H2,1-2H3. The molecule has 0 spiro atoms. The quantitative estimate of drug-likeness (QED) is 0.889. The second-order valence-corrected chi connectivity index (χ2v) is 4.68. The first-order valence-electron chi connectivity index (χ1n) is 4.96. The third-order valence-corrected chi connectivity index (χ3v) is 3.27. The van der Waals surface area contributed by atoms with Crippen molar-refractivity contribution >= 4 is 11.3 Å². The molecule has 0 unspecified atom stereocenters. The number of aryl methyl sites for hydroxylation is 1. The third kappa shape index (κ3) is 2.08. The summed E-state index contributed by atoms with van der Waals surface area (Å²) >= 11 is 1.53. The van der Waals surface area contributed by atoms with Crippen molar-refractivity contribution in [1.82, 2.24) is 4.98 Å². The zero-order valence-electron chi connectivity index (χ0n) is 9.23. The maximum absolute atomic E-state index is 9.24. The number of thiazole rings is 1. The van der Waals surface area contributed by atoms with Crippen LogP contribution in [0.15, 0.2) is 24.3 Å². The monoisotopic (exact) mass is 235 g/mol. The predicted molar refractivity (Wildman–Crippen MR) is 64.8 cm³/mol. The topological polar surface area (TPSA) is 42.4 Å². The number of hydrogen-bond acceptors (Lipinski definition) is 4. The highest BCUT2D eigenvalue weighted by Crippen LogP contribution is 2.29. The number of aliphatic hydroxyl groups is 1. The van der Waals surface area contributed by atoms with Gasteiger partial charge in [0, 0.05) is 5.56 Å². The Labute approximate surface area is 98.4 Å². The summed E-state index contributed by atoms with van der Waals surface area (Å²) in [7, 11) is 1.64. The fraction of sp³-hybridized carbons (Fsp3) is 0.250. The Kier molecular flexibility index (Phi) is 3.22. The van der Waals surface area contributed by atoms with Gasteiger partial charge in [-0.15, -0.1) is 11.3 Å². The largest absolute Gasteiger partial charge is 0.497 e. The summed E-state index contributed by atoms with van der Waals surface area (Å²) in [5.74, 6) is 0.821. The molecule has 0 bridgehead atoms. The Morgan fingerprint density at radius 3 is 2.56 bits per heavy atom. The third-order valence-electron chi connectivity index (χ3n) is 2.31. The number of hydrogen-bond donors (Lipinski definition) is 1. The summed E-state index contributed by atoms with van der Waals surface area (Å²) in [5, 5.41) is 10.2. The summed E-state index contributed by atoms with van der Waals surface area (Å²) in [5.41, 5.74) is 1.88. The van der Waals surface area contributed by atoms with Gasteiger partial charge in [0.25, 0.3) is 0 Å². The highest BCUT2D eigenvalue weighted by molar-refractivity contribution is 7.12. The molecule has 0 saturated heterocycles. The van der Waals surface area contributed by atoms with E-state index < -0.39 is 0 Å². The molecule has 0 atom stereocenters. The van der Waals surface area contributed by atoms with Gasteiger partial charge in [-0.3, -0.25) is 0 Å². The van der Waals surface area contributed by atoms with Gasteiger partial charge in [0.1, 0.15) is 5.75 Å². The number of nitrogens with zero attached hydrogens (tertiary/aromatic N) is 1. The van der Waals surface area contributed by atoms with Gasteiger partial charge < -0.3 is 9.84 Å². The van der Waals surface area contributed by atoms with Gasteiger partial charge >= 0.3 is 0 Å². The molecule has 0 amide bonds. The van der Waals surface area contributed by atoms with Crippen molar-refractivity contribution in [3.05, 3.63) is 34.2 Å². The summed E-state index contributed by atoms with van der Waals surface area (Å²) in [6, 6.07) is 7.69. The van der Waals surface area contributed by atoms with Gasteiger partial charge in [0.15, 0.2) is 0 Å². The highest BCUT2D eigenvalue weighted by atomic mass is 32.1. The zero-order chi connectivity index (χ0) is 11.5. The molecular formula is C12H13NO2S. The first-order chi connectivity index (χ1) is 7.74. The molecule has 0 aliphatic carbocycles. The number of benzene rings is 1. The van der Waals surface area contributed by atoms with E-state index in [0.29, 0.717) is 0 Å². The molecule has 0 radical (unpaired) electrons. The van der Waals surface area contributed by atoms with Crippen molar-refractivity contribution in [2.75, 3.05) is 7.11 Å². The van der Waals surface area contributed by atoms with Crippen LogP contribution in [0.25, 0.3) is 11.3 Å². The average molecular weight is 235 g/mol. The molecule has 3 nitrogen and oxygen atoms in total. The van der Waals surface area contributed by atoms with Crippen molar-refractivity contribution < 1.29 is 9.84 Å². The zero-order valence-corrected chi connectivity index (χ0v) is 10.0. The molecule has 84 valence electrons. The molecule has 1 aromatic heterocycles. The number of methoxy groups -OCH3 is 1. The van der Waals surface area contributed by atoms with Crippen molar-refractivity contribution in [3.63, 3.8) is 0 Å². The lowest BCUT2D eigenvalue weighted by Crippen LogP contribution is -1.86. The van der Waals surface area contributed by atoms with E-state index >= 15 is 0 Å². The average Bonchev–Trinajstić information content (AvgIpc) is 2.70. The minimum absolute atomic E-state index is 0.0346. The smallest absolute Gasteiger partial charge is 0.118 e. The van der Waals surface area contributed by atoms with Crippen LogP contribution in [-0.4, -0.2) is 17.2 Å². The lowest BCUT2D eigenvalue weighted by molar-refractivity contribution is 0.286. The van der Waals surface area contributed by atoms with Crippen LogP contribution in [0.3, 0.4) is 0 Å². The van der Waals surface area contributed by atoms with Crippen LogP contribution in [0.2, 0.25) is 0 Å². The van der Waals surface area contributed by atoms with Gasteiger partial charge in [0.05, 0.1) is 29.3 Å². The van der Waals surface area contributed by atoms with E-state index in [1.54, 1.807) is 7.11 Å². The molecule has 1 N–H and O–H groups in total. The van der Waals surface area contributed by atoms with Gasteiger partial charge in [-0.05, 0) is 31.2 Å². The Morgan fingerprint density at radius 2 is 2.00 bits per heavy atom. The summed E-state index contributed by atoms with van der Waals surface area (Å²) in [6.45, 7) is 1.98. The van der Waals surface area contributed by atoms with Gasteiger partial charge in [-0.1, -0.05) is 0 Å². The SMILES string of the molecule is COc1ccc(-c2nc(C)sc2CO)cc1. The summed E-state index contributed by atoms with van der Waals surface area (Å²) in [4.78, 5) is 5.33. The van der Waals surface area contributed by atoms with Crippen LogP contribution in [-0.2, 0) is 6.61 Å². The number of aliphatic hydroxyl groups excluding tert-OH is 1. The minimum atomic E-state index is 0.0346. The lowest BCUT2D eigenvalue weighted by Gasteiger charge is -2.02. The maximum Gasteiger partial charge on any atom is 0.118 e. The Morgan fingerprint density at radius 1 is 1.31 bits per heavy atom. The van der Waals surface area contributed by atoms with Crippen LogP contribution in [0.5, 0.6) is 5.75 Å². The summed E-state index contributed by atoms with van der Waals surface area (Å²) in [6.07, 6.45) is 0. The van der Waals surface area contributed by atoms with Crippen molar-refractivity contribution in [2.24, 2.45) is 0 Å². The first-order valence-corrected chi connectivity index (χ1v) is 5.78. The van der Waals surface area contributed by atoms with E-state index in [9.17, 15) is 5.11 Å². The van der Waals surface area contributed by atoms with Gasteiger partial charge in [-0.25, -0.2) is 4.98 Å². The number of ether oxygens (including phenoxy) is 1. The van der Waals surface area contributed by atoms with Crippen molar-refractivity contribution in [2.45, 2.75) is 13.5 Å². The maximum atomic E-state index is 9.24. The van der Waals surface area contributed by atoms with E-state index in [-0.39, 0.29) is 6.61 Å². The Bertz CT molecular complexity index is 476. The molecule has 4 heteroatoms. The molecule has 2 aromatic rings. The van der Waals surface area contributed by atoms with Gasteiger partial charge in [0.2, 0.25) is 0 Å². The van der Waals surface area contributed by atoms with Gasteiger partial charge in [-0.2, -0.15) is 0 Å².